The molecule has 0 bridgehead atoms. The number of carbonyl (C=O) groups is 1. The van der Waals surface area contributed by atoms with Crippen LogP contribution in [0.5, 0.6) is 0 Å². The molecular formula is C16H13F2N5O. The minimum Gasteiger partial charge on any atom is -0.324 e. The molecule has 8 heteroatoms. The molecule has 0 spiro atoms. The van der Waals surface area contributed by atoms with E-state index in [1.165, 1.54) is 17.1 Å². The molecule has 0 fully saturated rings. The Kier molecular flexibility index (Phi) is 4.55. The molecule has 6 nitrogen and oxygen atoms in total. The van der Waals surface area contributed by atoms with Crippen molar-refractivity contribution in [2.24, 2.45) is 0 Å². The Bertz CT molecular complexity index is 824. The van der Waals surface area contributed by atoms with Crippen LogP contribution in [0.15, 0.2) is 54.9 Å². The first-order valence-electron chi connectivity index (χ1n) is 7.16. The summed E-state index contributed by atoms with van der Waals surface area (Å²) in [7, 11) is 0. The van der Waals surface area contributed by atoms with Gasteiger partial charge in [-0.2, -0.15) is 0 Å². The van der Waals surface area contributed by atoms with Crippen molar-refractivity contribution in [1.29, 1.82) is 0 Å². The lowest BCUT2D eigenvalue weighted by molar-refractivity contribution is -0.119. The summed E-state index contributed by atoms with van der Waals surface area (Å²) in [6, 6.07) is 11.8. The van der Waals surface area contributed by atoms with Gasteiger partial charge in [-0.1, -0.05) is 30.3 Å². The Labute approximate surface area is 136 Å². The summed E-state index contributed by atoms with van der Waals surface area (Å²) in [5.74, 6) is -2.44. The Balaban J connectivity index is 1.82. The quantitative estimate of drug-likeness (QED) is 0.780. The normalized spacial score (nSPS) is 11.9. The first-order valence-corrected chi connectivity index (χ1v) is 7.16. The van der Waals surface area contributed by atoms with Crippen molar-refractivity contribution in [3.8, 4) is 0 Å². The molecule has 1 aromatic heterocycles. The molecule has 3 rings (SSSR count). The number of tetrazole rings is 1. The number of halogens is 2. The van der Waals surface area contributed by atoms with Crippen LogP contribution in [0.25, 0.3) is 0 Å². The molecule has 0 saturated heterocycles. The van der Waals surface area contributed by atoms with E-state index >= 15 is 0 Å². The van der Waals surface area contributed by atoms with Crippen molar-refractivity contribution >= 4 is 11.6 Å². The fourth-order valence-corrected chi connectivity index (χ4v) is 2.25. The summed E-state index contributed by atoms with van der Waals surface area (Å²) in [5.41, 5.74) is 1.07. The number of anilines is 1. The van der Waals surface area contributed by atoms with E-state index < -0.39 is 23.6 Å². The third-order valence-corrected chi connectivity index (χ3v) is 3.45. The molecule has 122 valence electrons. The summed E-state index contributed by atoms with van der Waals surface area (Å²) in [5, 5.41) is 13.4. The minimum absolute atomic E-state index is 0.157. The highest BCUT2D eigenvalue weighted by Crippen LogP contribution is 2.18. The molecule has 1 unspecified atom stereocenters. The molecule has 24 heavy (non-hydrogen) atoms. The van der Waals surface area contributed by atoms with Crippen LogP contribution in [0.1, 0.15) is 11.6 Å². The minimum atomic E-state index is -1.03. The molecule has 0 aliphatic rings. The predicted molar refractivity (Wildman–Crippen MR) is 82.0 cm³/mol. The Morgan fingerprint density at radius 1 is 1.12 bits per heavy atom. The van der Waals surface area contributed by atoms with Gasteiger partial charge in [0.15, 0.2) is 11.6 Å². The molecule has 1 N–H and O–H groups in total. The van der Waals surface area contributed by atoms with Crippen LogP contribution in [-0.4, -0.2) is 26.1 Å². The number of hydrogen-bond acceptors (Lipinski definition) is 4. The second kappa shape index (κ2) is 6.95. The van der Waals surface area contributed by atoms with Crippen molar-refractivity contribution in [3.63, 3.8) is 0 Å². The van der Waals surface area contributed by atoms with Gasteiger partial charge in [0.1, 0.15) is 12.4 Å². The van der Waals surface area contributed by atoms with Gasteiger partial charge in [0.2, 0.25) is 5.91 Å². The molecule has 1 amide bonds. The van der Waals surface area contributed by atoms with Crippen molar-refractivity contribution in [2.75, 3.05) is 5.32 Å². The van der Waals surface area contributed by atoms with E-state index in [4.69, 9.17) is 0 Å². The molecular weight excluding hydrogens is 316 g/mol. The molecule has 2 aromatic carbocycles. The van der Waals surface area contributed by atoms with E-state index in [-0.39, 0.29) is 5.69 Å². The van der Waals surface area contributed by atoms with E-state index in [0.717, 1.165) is 17.7 Å². The first-order chi connectivity index (χ1) is 11.6. The SMILES string of the molecule is O=C(Nc1ccc(F)c(F)c1)C(Cc1ccccc1)n1cnnn1. The molecule has 0 radical (unpaired) electrons. The van der Waals surface area contributed by atoms with E-state index in [1.54, 1.807) is 0 Å². The molecule has 3 aromatic rings. The van der Waals surface area contributed by atoms with Gasteiger partial charge in [0.25, 0.3) is 0 Å². The third-order valence-electron chi connectivity index (χ3n) is 3.45. The Hall–Kier alpha value is -3.16. The number of nitrogens with one attached hydrogen (secondary N) is 1. The summed E-state index contributed by atoms with van der Waals surface area (Å²) in [6.07, 6.45) is 1.68. The van der Waals surface area contributed by atoms with Gasteiger partial charge in [-0.05, 0) is 28.1 Å². The molecule has 1 atom stereocenters. The van der Waals surface area contributed by atoms with Gasteiger partial charge in [0, 0.05) is 18.2 Å². The van der Waals surface area contributed by atoms with Crippen LogP contribution in [0.3, 0.4) is 0 Å². The summed E-state index contributed by atoms with van der Waals surface area (Å²) in [6.45, 7) is 0. The standard InChI is InChI=1S/C16H13F2N5O/c17-13-7-6-12(9-14(13)18)20-16(24)15(23-10-19-21-22-23)8-11-4-2-1-3-5-11/h1-7,9-10,15H,8H2,(H,20,24). The number of benzene rings is 2. The van der Waals surface area contributed by atoms with Gasteiger partial charge in [-0.15, -0.1) is 5.10 Å². The lowest BCUT2D eigenvalue weighted by Gasteiger charge is -2.16. The van der Waals surface area contributed by atoms with Gasteiger partial charge < -0.3 is 5.32 Å². The van der Waals surface area contributed by atoms with Crippen molar-refractivity contribution in [1.82, 2.24) is 20.2 Å². The predicted octanol–water partition coefficient (Wildman–Crippen LogP) is 2.37. The van der Waals surface area contributed by atoms with E-state index in [0.29, 0.717) is 6.42 Å². The van der Waals surface area contributed by atoms with E-state index in [1.807, 2.05) is 30.3 Å². The van der Waals surface area contributed by atoms with Gasteiger partial charge in [-0.25, -0.2) is 13.5 Å². The number of carbonyl (C=O) groups excluding carboxylic acids is 1. The summed E-state index contributed by atoms with van der Waals surface area (Å²) >= 11 is 0. The molecule has 0 saturated carbocycles. The van der Waals surface area contributed by atoms with E-state index in [9.17, 15) is 13.6 Å². The van der Waals surface area contributed by atoms with Crippen molar-refractivity contribution < 1.29 is 13.6 Å². The maximum Gasteiger partial charge on any atom is 0.249 e. The number of nitrogens with zero attached hydrogens (tertiary/aromatic N) is 4. The van der Waals surface area contributed by atoms with Crippen molar-refractivity contribution in [2.45, 2.75) is 12.5 Å². The average molecular weight is 329 g/mol. The number of hydrogen-bond donors (Lipinski definition) is 1. The number of rotatable bonds is 5. The van der Waals surface area contributed by atoms with Gasteiger partial charge >= 0.3 is 0 Å². The van der Waals surface area contributed by atoms with Crippen LogP contribution in [-0.2, 0) is 11.2 Å². The van der Waals surface area contributed by atoms with Crippen LogP contribution >= 0.6 is 0 Å². The third kappa shape index (κ3) is 3.60. The highest BCUT2D eigenvalue weighted by Gasteiger charge is 2.22. The van der Waals surface area contributed by atoms with Gasteiger partial charge in [0.05, 0.1) is 0 Å². The topological polar surface area (TPSA) is 72.7 Å². The summed E-state index contributed by atoms with van der Waals surface area (Å²) < 4.78 is 27.6. The lowest BCUT2D eigenvalue weighted by Crippen LogP contribution is -2.28. The smallest absolute Gasteiger partial charge is 0.249 e. The number of amides is 1. The zero-order valence-electron chi connectivity index (χ0n) is 12.4. The molecule has 1 heterocycles. The maximum absolute atomic E-state index is 13.3. The second-order valence-electron chi connectivity index (χ2n) is 5.11. The zero-order valence-corrected chi connectivity index (χ0v) is 12.4. The van der Waals surface area contributed by atoms with Crippen LogP contribution in [0.2, 0.25) is 0 Å². The first kappa shape index (κ1) is 15.7. The highest BCUT2D eigenvalue weighted by molar-refractivity contribution is 5.93. The maximum atomic E-state index is 13.3. The van der Waals surface area contributed by atoms with E-state index in [2.05, 4.69) is 20.8 Å². The molecule has 0 aliphatic carbocycles. The Morgan fingerprint density at radius 2 is 1.92 bits per heavy atom. The van der Waals surface area contributed by atoms with Gasteiger partial charge in [-0.3, -0.25) is 4.79 Å². The van der Waals surface area contributed by atoms with Crippen LogP contribution < -0.4 is 5.32 Å². The Morgan fingerprint density at radius 3 is 2.58 bits per heavy atom. The second-order valence-corrected chi connectivity index (χ2v) is 5.11. The monoisotopic (exact) mass is 329 g/mol. The lowest BCUT2D eigenvalue weighted by atomic mass is 10.1. The largest absolute Gasteiger partial charge is 0.324 e. The van der Waals surface area contributed by atoms with Crippen LogP contribution in [0.4, 0.5) is 14.5 Å². The zero-order chi connectivity index (χ0) is 16.9. The molecule has 0 aliphatic heterocycles. The number of aromatic nitrogens is 4. The summed E-state index contributed by atoms with van der Waals surface area (Å²) in [4.78, 5) is 12.6. The fourth-order valence-electron chi connectivity index (χ4n) is 2.25. The average Bonchev–Trinajstić information content (AvgIpc) is 3.11. The van der Waals surface area contributed by atoms with Crippen molar-refractivity contribution in [3.05, 3.63) is 72.1 Å². The fraction of sp³-hybridized carbons (Fsp3) is 0.125. The van der Waals surface area contributed by atoms with Crippen LogP contribution in [0, 0.1) is 11.6 Å². The highest BCUT2D eigenvalue weighted by atomic mass is 19.2.